The van der Waals surface area contributed by atoms with E-state index in [9.17, 15) is 14.0 Å². The van der Waals surface area contributed by atoms with Crippen LogP contribution in [0.4, 0.5) is 9.18 Å². The summed E-state index contributed by atoms with van der Waals surface area (Å²) in [5.41, 5.74) is 1.50. The molecule has 1 unspecified atom stereocenters. The van der Waals surface area contributed by atoms with Crippen LogP contribution in [0.15, 0.2) is 53.7 Å². The molecule has 170 valence electrons. The van der Waals surface area contributed by atoms with Gasteiger partial charge in [-0.25, -0.2) is 14.0 Å². The summed E-state index contributed by atoms with van der Waals surface area (Å²) in [6.07, 6.45) is 0. The summed E-state index contributed by atoms with van der Waals surface area (Å²) in [7, 11) is 1.48. The van der Waals surface area contributed by atoms with Gasteiger partial charge in [-0.3, -0.25) is 0 Å². The molecule has 0 radical (unpaired) electrons. The number of ether oxygens (including phenoxy) is 3. The first kappa shape index (κ1) is 23.1. The van der Waals surface area contributed by atoms with Gasteiger partial charge < -0.3 is 24.8 Å². The molecule has 0 spiro atoms. The Hall–Kier alpha value is -3.55. The van der Waals surface area contributed by atoms with Gasteiger partial charge in [-0.15, -0.1) is 0 Å². The van der Waals surface area contributed by atoms with Gasteiger partial charge in [-0.2, -0.15) is 0 Å². The summed E-state index contributed by atoms with van der Waals surface area (Å²) in [6.45, 7) is 5.69. The highest BCUT2D eigenvalue weighted by Gasteiger charge is 2.35. The number of para-hydroxylation sites is 1. The molecule has 2 aromatic carbocycles. The highest BCUT2D eigenvalue weighted by molar-refractivity contribution is 5.95. The van der Waals surface area contributed by atoms with Crippen molar-refractivity contribution in [2.75, 3.05) is 13.7 Å². The van der Waals surface area contributed by atoms with E-state index in [1.54, 1.807) is 43.3 Å². The first-order chi connectivity index (χ1) is 15.3. The van der Waals surface area contributed by atoms with Crippen molar-refractivity contribution in [2.24, 2.45) is 5.92 Å². The van der Waals surface area contributed by atoms with E-state index in [0.717, 1.165) is 0 Å². The lowest BCUT2D eigenvalue weighted by molar-refractivity contribution is -0.140. The summed E-state index contributed by atoms with van der Waals surface area (Å²) in [6, 6.07) is 10.1. The van der Waals surface area contributed by atoms with E-state index in [1.165, 1.54) is 13.2 Å². The molecule has 2 aromatic rings. The fourth-order valence-corrected chi connectivity index (χ4v) is 3.36. The van der Waals surface area contributed by atoms with Crippen LogP contribution >= 0.6 is 0 Å². The monoisotopic (exact) mass is 442 g/mol. The number of methoxy groups -OCH3 is 1. The summed E-state index contributed by atoms with van der Waals surface area (Å²) in [5.74, 6) is -0.100. The molecule has 0 aliphatic carbocycles. The van der Waals surface area contributed by atoms with E-state index in [4.69, 9.17) is 14.2 Å². The van der Waals surface area contributed by atoms with Crippen molar-refractivity contribution in [3.63, 3.8) is 0 Å². The van der Waals surface area contributed by atoms with Gasteiger partial charge >= 0.3 is 12.0 Å². The molecule has 0 saturated carbocycles. The number of allylic oxidation sites excluding steroid dienone is 1. The van der Waals surface area contributed by atoms with Crippen molar-refractivity contribution in [3.05, 3.63) is 70.7 Å². The van der Waals surface area contributed by atoms with Crippen LogP contribution in [0, 0.1) is 11.7 Å². The van der Waals surface area contributed by atoms with Gasteiger partial charge in [0.25, 0.3) is 0 Å². The zero-order valence-corrected chi connectivity index (χ0v) is 18.5. The lowest BCUT2D eigenvalue weighted by Crippen LogP contribution is -2.45. The van der Waals surface area contributed by atoms with Crippen molar-refractivity contribution in [2.45, 2.75) is 33.4 Å². The Balaban J connectivity index is 2.00. The lowest BCUT2D eigenvalue weighted by atomic mass is 9.94. The average Bonchev–Trinajstić information content (AvgIpc) is 2.76. The second kappa shape index (κ2) is 10.2. The number of esters is 1. The molecule has 0 fully saturated rings. The molecule has 1 atom stereocenters. The molecule has 1 aliphatic rings. The molecule has 2 N–H and O–H groups in total. The number of benzene rings is 2. The van der Waals surface area contributed by atoms with Gasteiger partial charge in [0, 0.05) is 16.8 Å². The lowest BCUT2D eigenvalue weighted by Gasteiger charge is -2.30. The third-order valence-corrected chi connectivity index (χ3v) is 4.91. The Morgan fingerprint density at radius 3 is 2.59 bits per heavy atom. The second-order valence-corrected chi connectivity index (χ2v) is 7.82. The highest BCUT2D eigenvalue weighted by Crippen LogP contribution is 2.39. The summed E-state index contributed by atoms with van der Waals surface area (Å²) in [4.78, 5) is 25.2. The van der Waals surface area contributed by atoms with E-state index in [0.29, 0.717) is 28.3 Å². The van der Waals surface area contributed by atoms with Crippen LogP contribution < -0.4 is 20.1 Å². The predicted molar refractivity (Wildman–Crippen MR) is 117 cm³/mol. The number of carbonyl (C=O) groups is 2. The Bertz CT molecular complexity index is 1030. The van der Waals surface area contributed by atoms with Crippen molar-refractivity contribution in [3.8, 4) is 11.5 Å². The van der Waals surface area contributed by atoms with Gasteiger partial charge in [0.2, 0.25) is 0 Å². The van der Waals surface area contributed by atoms with Gasteiger partial charge in [-0.05, 0) is 25.0 Å². The average molecular weight is 442 g/mol. The van der Waals surface area contributed by atoms with E-state index >= 15 is 0 Å². The minimum atomic E-state index is -0.839. The Kier molecular flexibility index (Phi) is 7.35. The number of nitrogens with one attached hydrogen (secondary N) is 2. The maximum absolute atomic E-state index is 14.1. The van der Waals surface area contributed by atoms with Crippen molar-refractivity contribution < 1.29 is 28.2 Å². The van der Waals surface area contributed by atoms with Gasteiger partial charge in [0.1, 0.15) is 12.4 Å². The van der Waals surface area contributed by atoms with Gasteiger partial charge in [-0.1, -0.05) is 44.2 Å². The zero-order chi connectivity index (χ0) is 23.3. The number of rotatable bonds is 8. The Morgan fingerprint density at radius 2 is 1.91 bits per heavy atom. The smallest absolute Gasteiger partial charge is 0.338 e. The molecule has 7 nitrogen and oxygen atoms in total. The van der Waals surface area contributed by atoms with E-state index in [1.807, 2.05) is 13.8 Å². The van der Waals surface area contributed by atoms with E-state index < -0.39 is 23.9 Å². The molecular formula is C24H27FN2O5. The van der Waals surface area contributed by atoms with E-state index in [2.05, 4.69) is 10.6 Å². The van der Waals surface area contributed by atoms with Crippen LogP contribution in [0.1, 0.15) is 37.9 Å². The molecule has 1 aliphatic heterocycles. The van der Waals surface area contributed by atoms with Crippen LogP contribution in [0.2, 0.25) is 0 Å². The topological polar surface area (TPSA) is 85.9 Å². The van der Waals surface area contributed by atoms with Crippen LogP contribution in [0.5, 0.6) is 11.5 Å². The standard InChI is InChI=1S/C24H27FN2O5/c1-14(2)12-32-23(28)20-15(3)26-24(29)27-21(20)17-9-7-11-19(30-4)22(17)31-13-16-8-5-6-10-18(16)25/h5-11,14,21H,12-13H2,1-4H3,(H2,26,27,29). The second-order valence-electron chi connectivity index (χ2n) is 7.82. The minimum absolute atomic E-state index is 0.0607. The first-order valence-corrected chi connectivity index (χ1v) is 10.3. The fourth-order valence-electron chi connectivity index (χ4n) is 3.36. The number of hydrogen-bond donors (Lipinski definition) is 2. The van der Waals surface area contributed by atoms with Crippen molar-refractivity contribution >= 4 is 12.0 Å². The zero-order valence-electron chi connectivity index (χ0n) is 18.5. The van der Waals surface area contributed by atoms with Crippen LogP contribution in [-0.2, 0) is 16.1 Å². The molecule has 32 heavy (non-hydrogen) atoms. The van der Waals surface area contributed by atoms with Crippen molar-refractivity contribution in [1.82, 2.24) is 10.6 Å². The van der Waals surface area contributed by atoms with Crippen LogP contribution in [-0.4, -0.2) is 25.7 Å². The molecule has 0 aromatic heterocycles. The quantitative estimate of drug-likeness (QED) is 0.598. The number of hydrogen-bond acceptors (Lipinski definition) is 5. The Labute approximate surface area is 186 Å². The molecular weight excluding hydrogens is 415 g/mol. The summed E-state index contributed by atoms with van der Waals surface area (Å²) < 4.78 is 30.9. The molecule has 1 heterocycles. The predicted octanol–water partition coefficient (Wildman–Crippen LogP) is 4.24. The molecule has 0 bridgehead atoms. The SMILES string of the molecule is COc1cccc(C2NC(=O)NC(C)=C2C(=O)OCC(C)C)c1OCc1ccccc1F. The number of halogens is 1. The Morgan fingerprint density at radius 1 is 1.16 bits per heavy atom. The minimum Gasteiger partial charge on any atom is -0.493 e. The first-order valence-electron chi connectivity index (χ1n) is 10.3. The summed E-state index contributed by atoms with van der Waals surface area (Å²) >= 11 is 0. The molecule has 0 saturated heterocycles. The third kappa shape index (κ3) is 5.19. The fraction of sp³-hybridized carbons (Fsp3) is 0.333. The third-order valence-electron chi connectivity index (χ3n) is 4.91. The van der Waals surface area contributed by atoms with Crippen molar-refractivity contribution in [1.29, 1.82) is 0 Å². The normalized spacial score (nSPS) is 15.8. The number of carbonyl (C=O) groups excluding carboxylic acids is 2. The largest absolute Gasteiger partial charge is 0.493 e. The van der Waals surface area contributed by atoms with Gasteiger partial charge in [0.15, 0.2) is 11.5 Å². The van der Waals surface area contributed by atoms with E-state index in [-0.39, 0.29) is 24.7 Å². The highest BCUT2D eigenvalue weighted by atomic mass is 19.1. The maximum atomic E-state index is 14.1. The molecule has 3 rings (SSSR count). The summed E-state index contributed by atoms with van der Waals surface area (Å²) in [5, 5.41) is 5.38. The number of urea groups is 1. The van der Waals surface area contributed by atoms with Crippen LogP contribution in [0.3, 0.4) is 0 Å². The number of amides is 2. The molecule has 8 heteroatoms. The maximum Gasteiger partial charge on any atom is 0.338 e. The molecule has 2 amide bonds. The van der Waals surface area contributed by atoms with Gasteiger partial charge in [0.05, 0.1) is 25.3 Å². The van der Waals surface area contributed by atoms with Crippen LogP contribution in [0.25, 0.3) is 0 Å².